The highest BCUT2D eigenvalue weighted by atomic mass is 19.1. The summed E-state index contributed by atoms with van der Waals surface area (Å²) in [7, 11) is 1.70. The first-order chi connectivity index (χ1) is 15.7. The van der Waals surface area contributed by atoms with Gasteiger partial charge < -0.3 is 9.64 Å². The number of carbonyl (C=O) groups excluding carboxylic acids is 1. The quantitative estimate of drug-likeness (QED) is 0.610. The molecule has 0 spiro atoms. The number of benzene rings is 1. The Hall–Kier alpha value is -2.67. The highest BCUT2D eigenvalue weighted by molar-refractivity contribution is 5.94. The first-order valence-corrected chi connectivity index (χ1v) is 11.7. The van der Waals surface area contributed by atoms with Crippen molar-refractivity contribution in [1.29, 1.82) is 0 Å². The third kappa shape index (κ3) is 5.38. The third-order valence-corrected chi connectivity index (χ3v) is 6.64. The predicted molar refractivity (Wildman–Crippen MR) is 125 cm³/mol. The van der Waals surface area contributed by atoms with Gasteiger partial charge >= 0.3 is 0 Å². The molecule has 1 saturated heterocycles. The molecule has 2 heterocycles. The Morgan fingerprint density at radius 3 is 2.53 bits per heavy atom. The van der Waals surface area contributed by atoms with Gasteiger partial charge in [0.25, 0.3) is 0 Å². The Balaban J connectivity index is 1.38. The minimum atomic E-state index is -0.547. The number of nitrogens with zero attached hydrogens (tertiary/aromatic N) is 4. The van der Waals surface area contributed by atoms with Crippen molar-refractivity contribution >= 4 is 17.4 Å². The van der Waals surface area contributed by atoms with Crippen LogP contribution in [0.1, 0.15) is 32.1 Å². The number of carbonyl (C=O) groups is 1. The van der Waals surface area contributed by atoms with Gasteiger partial charge in [-0.1, -0.05) is 37.5 Å². The van der Waals surface area contributed by atoms with Crippen molar-refractivity contribution in [2.75, 3.05) is 56.2 Å². The van der Waals surface area contributed by atoms with Gasteiger partial charge in [-0.2, -0.15) is 4.39 Å². The van der Waals surface area contributed by atoms with Crippen molar-refractivity contribution < 1.29 is 13.9 Å². The average Bonchev–Trinajstić information content (AvgIpc) is 2.85. The van der Waals surface area contributed by atoms with Crippen LogP contribution in [0.15, 0.2) is 42.5 Å². The molecule has 4 rings (SSSR count). The first kappa shape index (κ1) is 22.5. The van der Waals surface area contributed by atoms with Crippen molar-refractivity contribution in [2.24, 2.45) is 5.92 Å². The summed E-state index contributed by atoms with van der Waals surface area (Å²) in [5, 5.41) is 0. The lowest BCUT2D eigenvalue weighted by molar-refractivity contribution is -0.123. The summed E-state index contributed by atoms with van der Waals surface area (Å²) in [5.74, 6) is 0.886. The number of amides is 1. The summed E-state index contributed by atoms with van der Waals surface area (Å²) in [6.07, 6.45) is 5.21. The molecule has 7 heteroatoms. The number of ether oxygens (including phenoxy) is 1. The summed E-state index contributed by atoms with van der Waals surface area (Å²) in [6, 6.07) is 12.8. The number of para-hydroxylation sites is 2. The van der Waals surface area contributed by atoms with Gasteiger partial charge in [-0.15, -0.1) is 0 Å². The Morgan fingerprint density at radius 2 is 1.81 bits per heavy atom. The molecule has 6 nitrogen and oxygen atoms in total. The number of hydrogen-bond donors (Lipinski definition) is 0. The number of pyridine rings is 1. The van der Waals surface area contributed by atoms with Crippen LogP contribution >= 0.6 is 0 Å². The van der Waals surface area contributed by atoms with E-state index in [1.54, 1.807) is 24.1 Å². The number of hydrogen-bond acceptors (Lipinski definition) is 5. The number of rotatable bonds is 7. The van der Waals surface area contributed by atoms with Crippen molar-refractivity contribution in [2.45, 2.75) is 32.1 Å². The molecule has 2 fully saturated rings. The van der Waals surface area contributed by atoms with E-state index < -0.39 is 5.95 Å². The Kier molecular flexibility index (Phi) is 7.58. The molecule has 32 heavy (non-hydrogen) atoms. The van der Waals surface area contributed by atoms with Crippen LogP contribution in [-0.2, 0) is 4.79 Å². The molecule has 1 aromatic heterocycles. The highest BCUT2D eigenvalue weighted by Gasteiger charge is 2.28. The van der Waals surface area contributed by atoms with Crippen LogP contribution in [0, 0.1) is 11.9 Å². The maximum atomic E-state index is 13.8. The summed E-state index contributed by atoms with van der Waals surface area (Å²) >= 11 is 0. The molecule has 2 aliphatic rings. The number of aromatic nitrogens is 1. The third-order valence-electron chi connectivity index (χ3n) is 6.64. The predicted octanol–water partition coefficient (Wildman–Crippen LogP) is 3.96. The standard InChI is InChI=1S/C25H33FN4O2/c1-32-22-11-6-5-10-21(22)29-17-14-28(15-18-29)16-19-30(24-13-7-12-23(26)27-24)25(31)20-8-3-2-4-9-20/h5-7,10-13,20H,2-4,8-9,14-19H2,1H3. The molecule has 172 valence electrons. The normalized spacial score (nSPS) is 17.9. The second kappa shape index (κ2) is 10.8. The highest BCUT2D eigenvalue weighted by Crippen LogP contribution is 2.29. The largest absolute Gasteiger partial charge is 0.495 e. The smallest absolute Gasteiger partial charge is 0.231 e. The molecule has 2 aromatic rings. The van der Waals surface area contributed by atoms with E-state index in [0.717, 1.165) is 69.8 Å². The number of halogens is 1. The molecule has 0 N–H and O–H groups in total. The van der Waals surface area contributed by atoms with E-state index in [-0.39, 0.29) is 11.8 Å². The Labute approximate surface area is 190 Å². The zero-order chi connectivity index (χ0) is 22.3. The SMILES string of the molecule is COc1ccccc1N1CCN(CCN(C(=O)C2CCCCC2)c2cccc(F)n2)CC1. The second-order valence-electron chi connectivity index (χ2n) is 8.64. The lowest BCUT2D eigenvalue weighted by atomic mass is 9.88. The van der Waals surface area contributed by atoms with Crippen molar-refractivity contribution in [3.63, 3.8) is 0 Å². The summed E-state index contributed by atoms with van der Waals surface area (Å²) in [4.78, 5) is 23.8. The fourth-order valence-electron chi connectivity index (χ4n) is 4.80. The minimum absolute atomic E-state index is 0.0243. The number of piperazine rings is 1. The molecular formula is C25H33FN4O2. The topological polar surface area (TPSA) is 48.9 Å². The van der Waals surface area contributed by atoms with Crippen LogP contribution in [0.5, 0.6) is 5.75 Å². The summed E-state index contributed by atoms with van der Waals surface area (Å²) in [6.45, 7) is 4.88. The molecule has 1 aromatic carbocycles. The van der Waals surface area contributed by atoms with Gasteiger partial charge in [-0.3, -0.25) is 14.6 Å². The number of anilines is 2. The van der Waals surface area contributed by atoms with Crippen molar-refractivity contribution in [3.8, 4) is 5.75 Å². The molecule has 0 atom stereocenters. The Morgan fingerprint density at radius 1 is 1.06 bits per heavy atom. The van der Waals surface area contributed by atoms with E-state index in [9.17, 15) is 9.18 Å². The summed E-state index contributed by atoms with van der Waals surface area (Å²) < 4.78 is 19.3. The van der Waals surface area contributed by atoms with Crippen LogP contribution in [0.4, 0.5) is 15.9 Å². The maximum absolute atomic E-state index is 13.8. The molecule has 0 unspecified atom stereocenters. The van der Waals surface area contributed by atoms with Gasteiger partial charge in [0.1, 0.15) is 11.6 Å². The van der Waals surface area contributed by atoms with E-state index in [2.05, 4.69) is 20.9 Å². The zero-order valence-corrected chi connectivity index (χ0v) is 18.9. The molecule has 0 radical (unpaired) electrons. The van der Waals surface area contributed by atoms with E-state index in [0.29, 0.717) is 12.4 Å². The fraction of sp³-hybridized carbons (Fsp3) is 0.520. The van der Waals surface area contributed by atoms with Crippen molar-refractivity contribution in [1.82, 2.24) is 9.88 Å². The molecule has 1 amide bonds. The van der Waals surface area contributed by atoms with E-state index >= 15 is 0 Å². The van der Waals surface area contributed by atoms with Crippen LogP contribution in [0.2, 0.25) is 0 Å². The van der Waals surface area contributed by atoms with Crippen LogP contribution in [0.3, 0.4) is 0 Å². The van der Waals surface area contributed by atoms with E-state index in [4.69, 9.17) is 4.74 Å². The average molecular weight is 441 g/mol. The fourth-order valence-corrected chi connectivity index (χ4v) is 4.80. The first-order valence-electron chi connectivity index (χ1n) is 11.7. The minimum Gasteiger partial charge on any atom is -0.495 e. The van der Waals surface area contributed by atoms with Gasteiger partial charge in [0.15, 0.2) is 0 Å². The van der Waals surface area contributed by atoms with Gasteiger partial charge in [-0.25, -0.2) is 4.98 Å². The van der Waals surface area contributed by atoms with E-state index in [1.807, 2.05) is 18.2 Å². The maximum Gasteiger partial charge on any atom is 0.231 e. The lowest BCUT2D eigenvalue weighted by Crippen LogP contribution is -2.50. The lowest BCUT2D eigenvalue weighted by Gasteiger charge is -2.37. The molecular weight excluding hydrogens is 407 g/mol. The second-order valence-corrected chi connectivity index (χ2v) is 8.64. The van der Waals surface area contributed by atoms with E-state index in [1.165, 1.54) is 12.5 Å². The number of methoxy groups -OCH3 is 1. The van der Waals surface area contributed by atoms with Gasteiger partial charge in [0.2, 0.25) is 11.9 Å². The van der Waals surface area contributed by atoms with Crippen molar-refractivity contribution in [3.05, 3.63) is 48.4 Å². The molecule has 1 aliphatic carbocycles. The zero-order valence-electron chi connectivity index (χ0n) is 18.9. The van der Waals surface area contributed by atoms with Gasteiger partial charge in [-0.05, 0) is 37.1 Å². The van der Waals surface area contributed by atoms with Crippen LogP contribution in [0.25, 0.3) is 0 Å². The Bertz CT molecular complexity index is 895. The molecule has 1 saturated carbocycles. The van der Waals surface area contributed by atoms with Gasteiger partial charge in [0.05, 0.1) is 12.8 Å². The van der Waals surface area contributed by atoms with Gasteiger partial charge in [0, 0.05) is 45.2 Å². The van der Waals surface area contributed by atoms with Crippen LogP contribution < -0.4 is 14.5 Å². The van der Waals surface area contributed by atoms with Crippen LogP contribution in [-0.4, -0.2) is 62.2 Å². The monoisotopic (exact) mass is 440 g/mol. The molecule has 0 bridgehead atoms. The molecule has 1 aliphatic heterocycles. The summed E-state index contributed by atoms with van der Waals surface area (Å²) in [5.41, 5.74) is 1.12.